The molecule has 2 atom stereocenters. The Morgan fingerprint density at radius 3 is 1.35 bits per heavy atom. The van der Waals surface area contributed by atoms with Gasteiger partial charge in [0.15, 0.2) is 0 Å². The lowest BCUT2D eigenvalue weighted by molar-refractivity contribution is 1.01. The summed E-state index contributed by atoms with van der Waals surface area (Å²) in [6, 6.07) is 63.4. The van der Waals surface area contributed by atoms with Gasteiger partial charge in [-0.2, -0.15) is 0 Å². The number of benzene rings is 7. The molecule has 3 nitrogen and oxygen atoms in total. The van der Waals surface area contributed by atoms with Crippen LogP contribution in [0.25, 0.3) is 22.3 Å². The molecule has 8 aromatic rings. The van der Waals surface area contributed by atoms with Gasteiger partial charge in [0.1, 0.15) is 0 Å². The minimum Gasteiger partial charge on any atom is -0.264 e. The molecule has 7 aromatic carbocycles. The van der Waals surface area contributed by atoms with Gasteiger partial charge >= 0.3 is 0 Å². The molecule has 11 rings (SSSR count). The van der Waals surface area contributed by atoms with Crippen LogP contribution in [-0.4, -0.2) is 16.4 Å². The maximum atomic E-state index is 5.52. The first-order chi connectivity index (χ1) is 26.8. The first-order valence-corrected chi connectivity index (χ1v) is 18.6. The standard InChI is InChI=1S/C51H33N3/c1-3-13-32(14-4-1)48-40-19-9-7-17-36(40)38-25-23-34(29-43(38)48)50-42-21-11-12-22-46(42)53-51(45-31-52-28-27-47(45)54-50)35-24-26-39-37-18-8-10-20-41(37)49(44(39)30-35)33-15-5-2-6-16-33/h1-31,48-49H/b50-42?,51-45?,53-46?,53-51-,54-47?,54-50-. The molecule has 0 saturated heterocycles. The van der Waals surface area contributed by atoms with Gasteiger partial charge in [0, 0.05) is 46.5 Å². The normalized spacial score (nSPS) is 17.9. The number of pyridine rings is 1. The highest BCUT2D eigenvalue weighted by Crippen LogP contribution is 2.50. The molecule has 1 aromatic heterocycles. The number of nitrogens with zero attached hydrogens (tertiary/aromatic N) is 3. The zero-order chi connectivity index (χ0) is 35.6. The summed E-state index contributed by atoms with van der Waals surface area (Å²) in [7, 11) is 0. The topological polar surface area (TPSA) is 37.6 Å². The van der Waals surface area contributed by atoms with Crippen molar-refractivity contribution in [3.05, 3.63) is 244 Å². The second-order valence-corrected chi connectivity index (χ2v) is 14.3. The lowest BCUT2D eigenvalue weighted by atomic mass is 9.87. The summed E-state index contributed by atoms with van der Waals surface area (Å²) in [5.74, 6) is 0.288. The van der Waals surface area contributed by atoms with Gasteiger partial charge in [0.05, 0.1) is 22.8 Å². The summed E-state index contributed by atoms with van der Waals surface area (Å²) >= 11 is 0. The van der Waals surface area contributed by atoms with E-state index < -0.39 is 0 Å². The van der Waals surface area contributed by atoms with Gasteiger partial charge in [-0.05, 0) is 79.9 Å². The Hall–Kier alpha value is -6.97. The highest BCUT2D eigenvalue weighted by molar-refractivity contribution is 6.22. The molecule has 0 saturated carbocycles. The Balaban J connectivity index is 1.08. The predicted molar refractivity (Wildman–Crippen MR) is 220 cm³/mol. The maximum absolute atomic E-state index is 5.52. The molecule has 2 heterocycles. The van der Waals surface area contributed by atoms with Crippen LogP contribution in [0.3, 0.4) is 0 Å². The van der Waals surface area contributed by atoms with Crippen molar-refractivity contribution in [1.29, 1.82) is 0 Å². The fraction of sp³-hybridized carbons (Fsp3) is 0.0392. The van der Waals surface area contributed by atoms with Gasteiger partial charge in [-0.1, -0.05) is 152 Å². The first-order valence-electron chi connectivity index (χ1n) is 18.6. The molecule has 1 aliphatic heterocycles. The molecule has 0 amide bonds. The van der Waals surface area contributed by atoms with E-state index >= 15 is 0 Å². The molecule has 0 N–H and O–H groups in total. The quantitative estimate of drug-likeness (QED) is 0.181. The van der Waals surface area contributed by atoms with E-state index in [1.165, 1.54) is 55.6 Å². The number of hydrogen-bond donors (Lipinski definition) is 0. The Labute approximate surface area is 314 Å². The smallest absolute Gasteiger partial charge is 0.0819 e. The molecule has 3 aliphatic rings. The van der Waals surface area contributed by atoms with Gasteiger partial charge in [0.25, 0.3) is 0 Å². The van der Waals surface area contributed by atoms with Gasteiger partial charge in [-0.25, -0.2) is 9.98 Å². The van der Waals surface area contributed by atoms with Crippen molar-refractivity contribution in [3.8, 4) is 22.3 Å². The summed E-state index contributed by atoms with van der Waals surface area (Å²) in [4.78, 5) is 15.7. The van der Waals surface area contributed by atoms with Gasteiger partial charge in [-0.15, -0.1) is 0 Å². The molecular formula is C51H33N3. The van der Waals surface area contributed by atoms with Crippen LogP contribution in [-0.2, 0) is 0 Å². The highest BCUT2D eigenvalue weighted by Gasteiger charge is 2.32. The molecule has 3 heteroatoms. The predicted octanol–water partition coefficient (Wildman–Crippen LogP) is 12.1. The van der Waals surface area contributed by atoms with E-state index in [1.807, 2.05) is 18.5 Å². The van der Waals surface area contributed by atoms with Crippen LogP contribution in [0.1, 0.15) is 67.5 Å². The Kier molecular flexibility index (Phi) is 6.99. The highest BCUT2D eigenvalue weighted by atomic mass is 14.8. The third kappa shape index (κ3) is 4.79. The molecule has 2 unspecified atom stereocenters. The zero-order valence-electron chi connectivity index (χ0n) is 29.4. The Morgan fingerprint density at radius 1 is 0.333 bits per heavy atom. The third-order valence-electron chi connectivity index (χ3n) is 11.3. The minimum atomic E-state index is 0.141. The lowest BCUT2D eigenvalue weighted by Crippen LogP contribution is -2.11. The van der Waals surface area contributed by atoms with E-state index in [-0.39, 0.29) is 11.8 Å². The summed E-state index contributed by atoms with van der Waals surface area (Å²) in [6.07, 6.45) is 3.76. The minimum absolute atomic E-state index is 0.141. The molecular weight excluding hydrogens is 655 g/mol. The fourth-order valence-corrected chi connectivity index (χ4v) is 8.96. The summed E-state index contributed by atoms with van der Waals surface area (Å²) in [5.41, 5.74) is 20.5. The van der Waals surface area contributed by atoms with Crippen LogP contribution >= 0.6 is 0 Å². The number of hydrogen-bond acceptors (Lipinski definition) is 3. The SMILES string of the molecule is c1ccc(C2c3ccccc3-c3ccc(/C4=N/c5ccncc5/C(c5ccc6c(c5)C(c5ccccc5)c5ccccc5-6)=N\c5ccccc54)cc32)cc1. The van der Waals surface area contributed by atoms with E-state index in [9.17, 15) is 0 Å². The monoisotopic (exact) mass is 687 g/mol. The van der Waals surface area contributed by atoms with Crippen LogP contribution in [0.5, 0.6) is 0 Å². The molecule has 0 radical (unpaired) electrons. The van der Waals surface area contributed by atoms with Crippen LogP contribution in [0.2, 0.25) is 0 Å². The molecule has 0 fully saturated rings. The molecule has 2 aliphatic carbocycles. The van der Waals surface area contributed by atoms with Crippen molar-refractivity contribution in [2.45, 2.75) is 11.8 Å². The maximum Gasteiger partial charge on any atom is 0.0819 e. The van der Waals surface area contributed by atoms with Crippen LogP contribution in [0.15, 0.2) is 198 Å². The molecule has 252 valence electrons. The molecule has 54 heavy (non-hydrogen) atoms. The summed E-state index contributed by atoms with van der Waals surface area (Å²) in [6.45, 7) is 0. The number of aliphatic imine (C=N–C) groups is 2. The molecule has 0 bridgehead atoms. The van der Waals surface area contributed by atoms with Gasteiger partial charge in [0.2, 0.25) is 0 Å². The largest absolute Gasteiger partial charge is 0.264 e. The third-order valence-corrected chi connectivity index (χ3v) is 11.3. The van der Waals surface area contributed by atoms with Crippen molar-refractivity contribution < 1.29 is 0 Å². The first kappa shape index (κ1) is 30.6. The average Bonchev–Trinajstić information content (AvgIpc) is 3.74. The van der Waals surface area contributed by atoms with Gasteiger partial charge < -0.3 is 0 Å². The lowest BCUT2D eigenvalue weighted by Gasteiger charge is -2.20. The summed E-state index contributed by atoms with van der Waals surface area (Å²) < 4.78 is 0. The van der Waals surface area contributed by atoms with E-state index in [1.54, 1.807) is 0 Å². The van der Waals surface area contributed by atoms with Crippen molar-refractivity contribution >= 4 is 22.8 Å². The second-order valence-electron chi connectivity index (χ2n) is 14.3. The summed E-state index contributed by atoms with van der Waals surface area (Å²) in [5, 5.41) is 0. The van der Waals surface area contributed by atoms with Crippen molar-refractivity contribution in [2.24, 2.45) is 9.98 Å². The van der Waals surface area contributed by atoms with Crippen LogP contribution in [0.4, 0.5) is 11.4 Å². The number of fused-ring (bicyclic) bond motifs is 8. The van der Waals surface area contributed by atoms with E-state index in [4.69, 9.17) is 9.98 Å². The van der Waals surface area contributed by atoms with Crippen molar-refractivity contribution in [1.82, 2.24) is 4.98 Å². The average molecular weight is 688 g/mol. The molecule has 0 spiro atoms. The van der Waals surface area contributed by atoms with Crippen molar-refractivity contribution in [3.63, 3.8) is 0 Å². The van der Waals surface area contributed by atoms with Gasteiger partial charge in [-0.3, -0.25) is 4.98 Å². The van der Waals surface area contributed by atoms with E-state index in [0.29, 0.717) is 0 Å². The Morgan fingerprint density at radius 2 is 0.778 bits per heavy atom. The Bertz CT molecular complexity index is 2640. The van der Waals surface area contributed by atoms with E-state index in [2.05, 4.69) is 175 Å². The number of para-hydroxylation sites is 1. The number of aromatic nitrogens is 1. The van der Waals surface area contributed by atoms with Crippen LogP contribution < -0.4 is 0 Å². The zero-order valence-corrected chi connectivity index (χ0v) is 29.4. The number of rotatable bonds is 4. The second kappa shape index (κ2) is 12.3. The fourth-order valence-electron chi connectivity index (χ4n) is 8.96. The van der Waals surface area contributed by atoms with Crippen LogP contribution in [0, 0.1) is 0 Å². The van der Waals surface area contributed by atoms with E-state index in [0.717, 1.165) is 45.1 Å². The van der Waals surface area contributed by atoms with Crippen molar-refractivity contribution in [2.75, 3.05) is 0 Å².